The summed E-state index contributed by atoms with van der Waals surface area (Å²) in [5, 5.41) is 2.96. The number of carbonyl (C=O) groups is 2. The fourth-order valence-corrected chi connectivity index (χ4v) is 2.41. The van der Waals surface area contributed by atoms with Crippen molar-refractivity contribution in [2.45, 2.75) is 19.4 Å². The van der Waals surface area contributed by atoms with Crippen LogP contribution in [0.15, 0.2) is 53.0 Å². The van der Waals surface area contributed by atoms with Gasteiger partial charge in [-0.15, -0.1) is 0 Å². The Morgan fingerprint density at radius 1 is 1.17 bits per heavy atom. The summed E-state index contributed by atoms with van der Waals surface area (Å²) in [7, 11) is 0. The molecular formula is C18H18BrNO3. The second-order valence-electron chi connectivity index (χ2n) is 5.06. The van der Waals surface area contributed by atoms with Gasteiger partial charge in [0.15, 0.2) is 6.61 Å². The number of ether oxygens (including phenoxy) is 1. The van der Waals surface area contributed by atoms with Crippen LogP contribution in [0.25, 0.3) is 0 Å². The fraction of sp³-hybridized carbons (Fsp3) is 0.222. The monoisotopic (exact) mass is 375 g/mol. The molecule has 2 aromatic rings. The summed E-state index contributed by atoms with van der Waals surface area (Å²) in [5.41, 5.74) is 1.63. The minimum atomic E-state index is -0.181. The Labute approximate surface area is 144 Å². The minimum Gasteiger partial charge on any atom is -0.484 e. The zero-order valence-corrected chi connectivity index (χ0v) is 14.4. The highest BCUT2D eigenvalue weighted by molar-refractivity contribution is 9.10. The van der Waals surface area contributed by atoms with Crippen molar-refractivity contribution < 1.29 is 14.3 Å². The first-order chi connectivity index (χ1) is 11.1. The summed E-state index contributed by atoms with van der Waals surface area (Å²) in [6, 6.07) is 14.5. The van der Waals surface area contributed by atoms with Crippen molar-refractivity contribution in [2.75, 3.05) is 6.61 Å². The van der Waals surface area contributed by atoms with Gasteiger partial charge in [0.1, 0.15) is 12.0 Å². The summed E-state index contributed by atoms with van der Waals surface area (Å²) < 4.78 is 6.44. The Hall–Kier alpha value is -2.14. The van der Waals surface area contributed by atoms with Crippen molar-refractivity contribution in [3.05, 3.63) is 64.1 Å². The fourth-order valence-electron chi connectivity index (χ4n) is 2.14. The Morgan fingerprint density at radius 2 is 1.83 bits per heavy atom. The Balaban J connectivity index is 1.89. The van der Waals surface area contributed by atoms with Crippen LogP contribution in [0.5, 0.6) is 5.75 Å². The summed E-state index contributed by atoms with van der Waals surface area (Å²) in [4.78, 5) is 22.6. The number of nitrogens with one attached hydrogen (secondary N) is 1. The average Bonchev–Trinajstić information content (AvgIpc) is 2.59. The normalized spacial score (nSPS) is 11.6. The molecule has 0 aromatic heterocycles. The van der Waals surface area contributed by atoms with Crippen molar-refractivity contribution in [2.24, 2.45) is 0 Å². The molecule has 0 spiro atoms. The van der Waals surface area contributed by atoms with E-state index in [2.05, 4.69) is 21.2 Å². The van der Waals surface area contributed by atoms with Gasteiger partial charge < -0.3 is 10.1 Å². The molecule has 0 unspecified atom stereocenters. The minimum absolute atomic E-state index is 0.0448. The number of hydrogen-bond donors (Lipinski definition) is 1. The largest absolute Gasteiger partial charge is 0.484 e. The summed E-state index contributed by atoms with van der Waals surface area (Å²) in [6.45, 7) is 1.96. The van der Waals surface area contributed by atoms with Crippen LogP contribution < -0.4 is 10.1 Å². The van der Waals surface area contributed by atoms with E-state index in [1.165, 1.54) is 0 Å². The highest BCUT2D eigenvalue weighted by atomic mass is 79.9. The molecule has 0 fully saturated rings. The standard InChI is InChI=1S/C18H18BrNO3/c1-2-17(14-5-7-15(19)8-6-14)20-18(22)12-23-16-9-3-13(11-21)4-10-16/h3-11,17H,2,12H2,1H3,(H,20,22)/t17-/m1/s1. The van der Waals surface area contributed by atoms with E-state index >= 15 is 0 Å². The number of aldehydes is 1. The third kappa shape index (κ3) is 5.21. The Bertz CT molecular complexity index is 653. The number of rotatable bonds is 7. The van der Waals surface area contributed by atoms with E-state index < -0.39 is 0 Å². The summed E-state index contributed by atoms with van der Waals surface area (Å²) in [6.07, 6.45) is 1.56. The smallest absolute Gasteiger partial charge is 0.258 e. The number of carbonyl (C=O) groups excluding carboxylic acids is 2. The molecule has 1 N–H and O–H groups in total. The van der Waals surface area contributed by atoms with Gasteiger partial charge >= 0.3 is 0 Å². The van der Waals surface area contributed by atoms with Gasteiger partial charge in [-0.05, 0) is 48.4 Å². The second-order valence-corrected chi connectivity index (χ2v) is 5.97. The predicted octanol–water partition coefficient (Wildman–Crippen LogP) is 3.91. The van der Waals surface area contributed by atoms with Crippen molar-refractivity contribution in [1.82, 2.24) is 5.32 Å². The maximum Gasteiger partial charge on any atom is 0.258 e. The van der Waals surface area contributed by atoms with Gasteiger partial charge in [0.2, 0.25) is 0 Å². The number of hydrogen-bond acceptors (Lipinski definition) is 3. The van der Waals surface area contributed by atoms with Gasteiger partial charge in [-0.1, -0.05) is 35.0 Å². The Kier molecular flexibility index (Phi) is 6.35. The lowest BCUT2D eigenvalue weighted by Gasteiger charge is -2.17. The highest BCUT2D eigenvalue weighted by Crippen LogP contribution is 2.19. The first-order valence-corrected chi connectivity index (χ1v) is 8.14. The van der Waals surface area contributed by atoms with Gasteiger partial charge in [0.25, 0.3) is 5.91 Å². The quantitative estimate of drug-likeness (QED) is 0.746. The molecule has 0 bridgehead atoms. The van der Waals surface area contributed by atoms with Crippen LogP contribution in [0.1, 0.15) is 35.3 Å². The van der Waals surface area contributed by atoms with E-state index in [4.69, 9.17) is 4.74 Å². The van der Waals surface area contributed by atoms with Gasteiger partial charge in [-0.3, -0.25) is 9.59 Å². The van der Waals surface area contributed by atoms with Crippen LogP contribution in [0.4, 0.5) is 0 Å². The third-order valence-corrected chi connectivity index (χ3v) is 3.93. The molecule has 23 heavy (non-hydrogen) atoms. The van der Waals surface area contributed by atoms with Crippen LogP contribution in [-0.4, -0.2) is 18.8 Å². The molecule has 4 nitrogen and oxygen atoms in total. The number of benzene rings is 2. The maximum atomic E-state index is 12.0. The SMILES string of the molecule is CC[C@@H](NC(=O)COc1ccc(C=O)cc1)c1ccc(Br)cc1. The topological polar surface area (TPSA) is 55.4 Å². The van der Waals surface area contributed by atoms with Crippen LogP contribution in [0.2, 0.25) is 0 Å². The van der Waals surface area contributed by atoms with Crippen LogP contribution in [-0.2, 0) is 4.79 Å². The number of amides is 1. The maximum absolute atomic E-state index is 12.0. The van der Waals surface area contributed by atoms with Crippen LogP contribution in [0.3, 0.4) is 0 Å². The highest BCUT2D eigenvalue weighted by Gasteiger charge is 2.13. The molecule has 0 aliphatic heterocycles. The van der Waals surface area contributed by atoms with Gasteiger partial charge in [-0.2, -0.15) is 0 Å². The van der Waals surface area contributed by atoms with Crippen molar-refractivity contribution in [3.63, 3.8) is 0 Å². The molecule has 1 amide bonds. The lowest BCUT2D eigenvalue weighted by atomic mass is 10.0. The van der Waals surface area contributed by atoms with E-state index in [1.807, 2.05) is 31.2 Å². The molecule has 0 saturated heterocycles. The predicted molar refractivity (Wildman–Crippen MR) is 92.6 cm³/mol. The zero-order chi connectivity index (χ0) is 16.7. The van der Waals surface area contributed by atoms with Crippen molar-refractivity contribution in [3.8, 4) is 5.75 Å². The van der Waals surface area contributed by atoms with E-state index in [9.17, 15) is 9.59 Å². The lowest BCUT2D eigenvalue weighted by Crippen LogP contribution is -2.32. The van der Waals surface area contributed by atoms with Crippen molar-refractivity contribution in [1.29, 1.82) is 0 Å². The summed E-state index contributed by atoms with van der Waals surface area (Å²) in [5.74, 6) is 0.377. The molecule has 0 aliphatic carbocycles. The molecule has 0 aliphatic rings. The molecule has 0 saturated carbocycles. The first kappa shape index (κ1) is 17.2. The van der Waals surface area contributed by atoms with E-state index in [-0.39, 0.29) is 18.6 Å². The van der Waals surface area contributed by atoms with Gasteiger partial charge in [-0.25, -0.2) is 0 Å². The molecule has 1 atom stereocenters. The third-order valence-electron chi connectivity index (χ3n) is 3.40. The van der Waals surface area contributed by atoms with Gasteiger partial charge in [0.05, 0.1) is 6.04 Å². The second kappa shape index (κ2) is 8.48. The molecule has 0 radical (unpaired) electrons. The zero-order valence-electron chi connectivity index (χ0n) is 12.8. The molecule has 5 heteroatoms. The molecule has 2 rings (SSSR count). The Morgan fingerprint density at radius 3 is 2.39 bits per heavy atom. The molecule has 2 aromatic carbocycles. The number of halogens is 1. The van der Waals surface area contributed by atoms with Gasteiger partial charge in [0, 0.05) is 10.0 Å². The molecule has 120 valence electrons. The van der Waals surface area contributed by atoms with E-state index in [1.54, 1.807) is 24.3 Å². The molecular weight excluding hydrogens is 358 g/mol. The lowest BCUT2D eigenvalue weighted by molar-refractivity contribution is -0.123. The van der Waals surface area contributed by atoms with Crippen LogP contribution in [0, 0.1) is 0 Å². The molecule has 0 heterocycles. The summed E-state index contributed by atoms with van der Waals surface area (Å²) >= 11 is 3.40. The van der Waals surface area contributed by atoms with E-state index in [0.717, 1.165) is 22.7 Å². The average molecular weight is 376 g/mol. The van der Waals surface area contributed by atoms with E-state index in [0.29, 0.717) is 11.3 Å². The first-order valence-electron chi connectivity index (χ1n) is 7.35. The van der Waals surface area contributed by atoms with Crippen LogP contribution >= 0.6 is 15.9 Å². The van der Waals surface area contributed by atoms with Crippen molar-refractivity contribution >= 4 is 28.1 Å².